The fourth-order valence-electron chi connectivity index (χ4n) is 1.95. The van der Waals surface area contributed by atoms with E-state index in [0.29, 0.717) is 11.9 Å². The molecule has 0 bridgehead atoms. The third-order valence-electron chi connectivity index (χ3n) is 3.53. The number of nitrogens with one attached hydrogen (secondary N) is 1. The average Bonchev–Trinajstić information content (AvgIpc) is 2.43. The molecular weight excluding hydrogens is 270 g/mol. The minimum Gasteiger partial charge on any atom is -0.357 e. The number of hydrogen-bond donors (Lipinski definition) is 2. The molecule has 0 saturated heterocycles. The van der Waals surface area contributed by atoms with Crippen LogP contribution in [0.5, 0.6) is 0 Å². The lowest BCUT2D eigenvalue weighted by Crippen LogP contribution is -2.31. The molecule has 1 aromatic heterocycles. The second-order valence-corrected chi connectivity index (χ2v) is 6.41. The van der Waals surface area contributed by atoms with Crippen LogP contribution >= 0.6 is 11.8 Å². The second kappa shape index (κ2) is 7.69. The largest absolute Gasteiger partial charge is 0.357 e. The molecule has 5 nitrogen and oxygen atoms in total. The Morgan fingerprint density at radius 3 is 2.45 bits per heavy atom. The van der Waals surface area contributed by atoms with E-state index in [9.17, 15) is 0 Å². The molecule has 0 amide bonds. The summed E-state index contributed by atoms with van der Waals surface area (Å²) in [5.41, 5.74) is 3.68. The van der Waals surface area contributed by atoms with Crippen LogP contribution < -0.4 is 16.2 Å². The van der Waals surface area contributed by atoms with Crippen LogP contribution in [0.25, 0.3) is 0 Å². The van der Waals surface area contributed by atoms with Crippen LogP contribution in [0.2, 0.25) is 0 Å². The Morgan fingerprint density at radius 2 is 1.95 bits per heavy atom. The van der Waals surface area contributed by atoms with Gasteiger partial charge in [-0.2, -0.15) is 11.8 Å². The SMILES string of the molecule is CSCCC(C)N(C)c1nc(C(C)C)nc(NN)c1C. The third-order valence-corrected chi connectivity index (χ3v) is 4.17. The highest BCUT2D eigenvalue weighted by Crippen LogP contribution is 2.26. The molecule has 0 aliphatic carbocycles. The number of nitrogen functional groups attached to an aromatic ring is 1. The van der Waals surface area contributed by atoms with E-state index in [1.165, 1.54) is 0 Å². The lowest BCUT2D eigenvalue weighted by molar-refractivity contribution is 0.653. The van der Waals surface area contributed by atoms with Crippen molar-refractivity contribution in [2.24, 2.45) is 5.84 Å². The second-order valence-electron chi connectivity index (χ2n) is 5.42. The highest BCUT2D eigenvalue weighted by molar-refractivity contribution is 7.98. The summed E-state index contributed by atoms with van der Waals surface area (Å²) in [5.74, 6) is 9.50. The van der Waals surface area contributed by atoms with Crippen molar-refractivity contribution < 1.29 is 0 Å². The molecule has 0 radical (unpaired) electrons. The van der Waals surface area contributed by atoms with Crippen LogP contribution in [-0.2, 0) is 0 Å². The fourth-order valence-corrected chi connectivity index (χ4v) is 2.53. The van der Waals surface area contributed by atoms with Crippen molar-refractivity contribution in [3.63, 3.8) is 0 Å². The molecule has 0 aliphatic heterocycles. The minimum atomic E-state index is 0.274. The minimum absolute atomic E-state index is 0.274. The zero-order valence-electron chi connectivity index (χ0n) is 13.4. The monoisotopic (exact) mass is 297 g/mol. The van der Waals surface area contributed by atoms with Gasteiger partial charge in [-0.3, -0.25) is 0 Å². The maximum atomic E-state index is 5.58. The van der Waals surface area contributed by atoms with Gasteiger partial charge in [-0.05, 0) is 32.3 Å². The standard InChI is InChI=1S/C14H27N5S/c1-9(2)12-16-13(18-15)11(4)14(17-12)19(5)10(3)7-8-20-6/h9-10H,7-8,15H2,1-6H3,(H,16,17,18). The first-order valence-electron chi connectivity index (χ1n) is 6.99. The van der Waals surface area contributed by atoms with Crippen LogP contribution in [0.1, 0.15) is 44.5 Å². The summed E-state index contributed by atoms with van der Waals surface area (Å²) in [6, 6.07) is 0.432. The van der Waals surface area contributed by atoms with Gasteiger partial charge in [0.05, 0.1) is 0 Å². The van der Waals surface area contributed by atoms with Crippen molar-refractivity contribution in [2.45, 2.75) is 46.1 Å². The molecule has 0 fully saturated rings. The molecule has 3 N–H and O–H groups in total. The van der Waals surface area contributed by atoms with E-state index >= 15 is 0 Å². The number of thioether (sulfide) groups is 1. The fraction of sp³-hybridized carbons (Fsp3) is 0.714. The molecule has 6 heteroatoms. The smallest absolute Gasteiger partial charge is 0.148 e. The third kappa shape index (κ3) is 3.99. The molecule has 0 saturated carbocycles. The average molecular weight is 297 g/mol. The van der Waals surface area contributed by atoms with Gasteiger partial charge in [-0.15, -0.1) is 0 Å². The predicted molar refractivity (Wildman–Crippen MR) is 89.5 cm³/mol. The molecule has 1 atom stereocenters. The number of anilines is 2. The molecule has 0 aromatic carbocycles. The van der Waals surface area contributed by atoms with Gasteiger partial charge in [-0.25, -0.2) is 15.8 Å². The number of hydrazine groups is 1. The summed E-state index contributed by atoms with van der Waals surface area (Å²) >= 11 is 1.87. The number of rotatable bonds is 7. The van der Waals surface area contributed by atoms with Gasteiger partial charge in [0.15, 0.2) is 0 Å². The molecular formula is C14H27N5S. The number of aromatic nitrogens is 2. The maximum Gasteiger partial charge on any atom is 0.148 e. The summed E-state index contributed by atoms with van der Waals surface area (Å²) < 4.78 is 0. The molecule has 0 spiro atoms. The molecule has 1 rings (SSSR count). The summed E-state index contributed by atoms with van der Waals surface area (Å²) in [7, 11) is 2.09. The Balaban J connectivity index is 3.11. The molecule has 1 unspecified atom stereocenters. The van der Waals surface area contributed by atoms with Gasteiger partial charge in [0.1, 0.15) is 17.5 Å². The van der Waals surface area contributed by atoms with Gasteiger partial charge in [0.2, 0.25) is 0 Å². The lowest BCUT2D eigenvalue weighted by Gasteiger charge is -2.28. The molecule has 1 aromatic rings. The van der Waals surface area contributed by atoms with E-state index in [1.807, 2.05) is 18.7 Å². The van der Waals surface area contributed by atoms with E-state index in [2.05, 4.69) is 49.4 Å². The molecule has 1 heterocycles. The molecule has 20 heavy (non-hydrogen) atoms. The summed E-state index contributed by atoms with van der Waals surface area (Å²) in [6.07, 6.45) is 3.26. The number of nitrogens with two attached hydrogens (primary N) is 1. The van der Waals surface area contributed by atoms with Gasteiger partial charge < -0.3 is 10.3 Å². The maximum absolute atomic E-state index is 5.58. The van der Waals surface area contributed by atoms with Crippen molar-refractivity contribution in [2.75, 3.05) is 29.4 Å². The Kier molecular flexibility index (Phi) is 6.55. The van der Waals surface area contributed by atoms with E-state index < -0.39 is 0 Å². The van der Waals surface area contributed by atoms with Crippen LogP contribution in [0.4, 0.5) is 11.6 Å². The zero-order chi connectivity index (χ0) is 15.3. The van der Waals surface area contributed by atoms with Crippen molar-refractivity contribution in [3.05, 3.63) is 11.4 Å². The summed E-state index contributed by atoms with van der Waals surface area (Å²) in [5, 5.41) is 0. The van der Waals surface area contributed by atoms with Crippen molar-refractivity contribution in [1.82, 2.24) is 9.97 Å². The number of hydrogen-bond acceptors (Lipinski definition) is 6. The van der Waals surface area contributed by atoms with E-state index in [4.69, 9.17) is 10.8 Å². The van der Waals surface area contributed by atoms with Crippen LogP contribution in [0.3, 0.4) is 0 Å². The first-order valence-corrected chi connectivity index (χ1v) is 8.38. The summed E-state index contributed by atoms with van der Waals surface area (Å²) in [4.78, 5) is 11.4. The quantitative estimate of drug-likeness (QED) is 0.596. The Bertz CT molecular complexity index is 436. The van der Waals surface area contributed by atoms with Crippen LogP contribution in [-0.4, -0.2) is 35.1 Å². The lowest BCUT2D eigenvalue weighted by atomic mass is 10.1. The van der Waals surface area contributed by atoms with Crippen molar-refractivity contribution in [3.8, 4) is 0 Å². The molecule has 0 aliphatic rings. The van der Waals surface area contributed by atoms with Crippen molar-refractivity contribution >= 4 is 23.4 Å². The predicted octanol–water partition coefficient (Wildman–Crippen LogP) is 2.77. The Labute approximate surface area is 126 Å². The van der Waals surface area contributed by atoms with Crippen LogP contribution in [0.15, 0.2) is 0 Å². The van der Waals surface area contributed by atoms with Gasteiger partial charge in [-0.1, -0.05) is 13.8 Å². The number of nitrogens with zero attached hydrogens (tertiary/aromatic N) is 3. The molecule has 114 valence electrons. The topological polar surface area (TPSA) is 67.1 Å². The summed E-state index contributed by atoms with van der Waals surface area (Å²) in [6.45, 7) is 8.41. The van der Waals surface area contributed by atoms with Crippen LogP contribution in [0, 0.1) is 6.92 Å². The van der Waals surface area contributed by atoms with Crippen molar-refractivity contribution in [1.29, 1.82) is 0 Å². The highest BCUT2D eigenvalue weighted by atomic mass is 32.2. The van der Waals surface area contributed by atoms with Gasteiger partial charge in [0, 0.05) is 24.6 Å². The Morgan fingerprint density at radius 1 is 1.30 bits per heavy atom. The van der Waals surface area contributed by atoms with E-state index in [1.54, 1.807) is 0 Å². The van der Waals surface area contributed by atoms with Gasteiger partial charge >= 0.3 is 0 Å². The normalized spacial score (nSPS) is 12.6. The van der Waals surface area contributed by atoms with E-state index in [-0.39, 0.29) is 5.92 Å². The zero-order valence-corrected chi connectivity index (χ0v) is 14.2. The Hall–Kier alpha value is -1.01. The van der Waals surface area contributed by atoms with Gasteiger partial charge in [0.25, 0.3) is 0 Å². The highest BCUT2D eigenvalue weighted by Gasteiger charge is 2.18. The first-order chi connectivity index (χ1) is 9.42. The van der Waals surface area contributed by atoms with E-state index in [0.717, 1.165) is 29.4 Å². The first kappa shape index (κ1) is 17.0.